The van der Waals surface area contributed by atoms with Crippen LogP contribution in [0.5, 0.6) is 0 Å². The van der Waals surface area contributed by atoms with E-state index in [0.717, 1.165) is 0 Å². The highest BCUT2D eigenvalue weighted by Crippen LogP contribution is 2.44. The summed E-state index contributed by atoms with van der Waals surface area (Å²) < 4.78 is 86.8. The van der Waals surface area contributed by atoms with E-state index in [9.17, 15) is 31.1 Å². The fraction of sp³-hybridized carbons (Fsp3) is 0.296. The Morgan fingerprint density at radius 2 is 1.24 bits per heavy atom. The Balaban J connectivity index is 0.00000380. The molecule has 198 valence electrons. The second-order valence-electron chi connectivity index (χ2n) is 8.67. The van der Waals surface area contributed by atoms with Crippen LogP contribution in [0.2, 0.25) is 0 Å². The van der Waals surface area contributed by atoms with Crippen molar-refractivity contribution in [1.29, 1.82) is 0 Å². The van der Waals surface area contributed by atoms with E-state index >= 15 is 0 Å². The molecule has 1 amide bonds. The van der Waals surface area contributed by atoms with Gasteiger partial charge in [-0.3, -0.25) is 4.79 Å². The van der Waals surface area contributed by atoms with Crippen LogP contribution in [-0.4, -0.2) is 37.0 Å². The first-order valence-corrected chi connectivity index (χ1v) is 11.5. The summed E-state index contributed by atoms with van der Waals surface area (Å²) in [6.45, 7) is 1.20. The Labute approximate surface area is 216 Å². The summed E-state index contributed by atoms with van der Waals surface area (Å²) in [6.07, 6.45) is -11.1. The van der Waals surface area contributed by atoms with Crippen LogP contribution >= 0.6 is 12.4 Å². The largest absolute Gasteiger partial charge is 0.417 e. The molecule has 1 saturated heterocycles. The minimum atomic E-state index is -5.12. The van der Waals surface area contributed by atoms with E-state index in [1.165, 1.54) is 17.0 Å². The van der Waals surface area contributed by atoms with Gasteiger partial charge < -0.3 is 10.2 Å². The van der Waals surface area contributed by atoms with Crippen LogP contribution in [0.3, 0.4) is 0 Å². The third-order valence-electron chi connectivity index (χ3n) is 6.21. The molecule has 1 aliphatic heterocycles. The van der Waals surface area contributed by atoms with Crippen molar-refractivity contribution in [3.8, 4) is 0 Å². The predicted molar refractivity (Wildman–Crippen MR) is 131 cm³/mol. The smallest absolute Gasteiger partial charge is 0.336 e. The lowest BCUT2D eigenvalue weighted by molar-refractivity contribution is -0.144. The number of amides is 1. The van der Waals surface area contributed by atoms with Crippen molar-refractivity contribution in [2.24, 2.45) is 0 Å². The summed E-state index contributed by atoms with van der Waals surface area (Å²) in [5, 5.41) is 3.03. The number of nitrogens with one attached hydrogen (secondary N) is 1. The number of nitrogens with zero attached hydrogens (tertiary/aromatic N) is 1. The molecule has 3 aromatic carbocycles. The van der Waals surface area contributed by atoms with Gasteiger partial charge in [-0.25, -0.2) is 0 Å². The molecule has 1 fully saturated rings. The maximum absolute atomic E-state index is 14.7. The van der Waals surface area contributed by atoms with Crippen LogP contribution in [0.1, 0.15) is 43.7 Å². The van der Waals surface area contributed by atoms with Gasteiger partial charge in [-0.1, -0.05) is 60.7 Å². The number of hydrogen-bond acceptors (Lipinski definition) is 2. The number of carbonyl (C=O) groups is 1. The highest BCUT2D eigenvalue weighted by Gasteiger charge is 2.44. The molecule has 0 radical (unpaired) electrons. The van der Waals surface area contributed by atoms with Gasteiger partial charge in [0.25, 0.3) is 5.91 Å². The summed E-state index contributed by atoms with van der Waals surface area (Å²) in [6, 6.07) is 16.5. The van der Waals surface area contributed by atoms with Gasteiger partial charge in [0.15, 0.2) is 0 Å². The Hall–Kier alpha value is -3.04. The summed E-state index contributed by atoms with van der Waals surface area (Å²) in [5.41, 5.74) is -3.92. The zero-order valence-electron chi connectivity index (χ0n) is 19.6. The normalized spacial score (nSPS) is 14.3. The second-order valence-corrected chi connectivity index (χ2v) is 8.67. The first-order chi connectivity index (χ1) is 17.1. The molecule has 4 rings (SSSR count). The molecule has 0 aliphatic carbocycles. The molecule has 0 atom stereocenters. The highest BCUT2D eigenvalue weighted by atomic mass is 35.5. The third kappa shape index (κ3) is 6.64. The molecule has 0 aromatic heterocycles. The number of benzene rings is 3. The molecule has 3 nitrogen and oxygen atoms in total. The van der Waals surface area contributed by atoms with Crippen molar-refractivity contribution >= 4 is 18.3 Å². The lowest BCUT2D eigenvalue weighted by atomic mass is 9.84. The number of halogens is 7. The maximum Gasteiger partial charge on any atom is 0.417 e. The molecule has 1 heterocycles. The zero-order valence-corrected chi connectivity index (χ0v) is 20.4. The van der Waals surface area contributed by atoms with Crippen LogP contribution < -0.4 is 5.32 Å². The van der Waals surface area contributed by atoms with Crippen molar-refractivity contribution in [1.82, 2.24) is 10.2 Å². The van der Waals surface area contributed by atoms with Gasteiger partial charge in [0, 0.05) is 31.7 Å². The molecule has 3 aromatic rings. The molecular formula is C27H25ClF6N2O. The van der Waals surface area contributed by atoms with E-state index in [1.807, 2.05) is 0 Å². The Kier molecular flexibility index (Phi) is 8.92. The van der Waals surface area contributed by atoms with Gasteiger partial charge in [0.1, 0.15) is 0 Å². The number of alkyl halides is 6. The van der Waals surface area contributed by atoms with Crippen molar-refractivity contribution in [3.05, 3.63) is 106 Å². The molecule has 0 spiro atoms. The van der Waals surface area contributed by atoms with Crippen LogP contribution in [0.4, 0.5) is 26.3 Å². The molecular weight excluding hydrogens is 518 g/mol. The monoisotopic (exact) mass is 542 g/mol. The lowest BCUT2D eigenvalue weighted by Gasteiger charge is -2.30. The summed E-state index contributed by atoms with van der Waals surface area (Å²) >= 11 is 0. The minimum Gasteiger partial charge on any atom is -0.336 e. The quantitative estimate of drug-likeness (QED) is 0.380. The van der Waals surface area contributed by atoms with Gasteiger partial charge in [0.05, 0.1) is 11.1 Å². The molecule has 1 N–H and O–H groups in total. The fourth-order valence-electron chi connectivity index (χ4n) is 4.56. The van der Waals surface area contributed by atoms with Crippen molar-refractivity contribution in [3.63, 3.8) is 0 Å². The summed E-state index contributed by atoms with van der Waals surface area (Å²) in [7, 11) is 0. The molecule has 1 aliphatic rings. The molecule has 0 bridgehead atoms. The van der Waals surface area contributed by atoms with E-state index in [2.05, 4.69) is 5.32 Å². The topological polar surface area (TPSA) is 32.3 Å². The van der Waals surface area contributed by atoms with E-state index < -0.39 is 52.5 Å². The van der Waals surface area contributed by atoms with Crippen LogP contribution in [0.25, 0.3) is 0 Å². The second kappa shape index (κ2) is 11.6. The fourth-order valence-corrected chi connectivity index (χ4v) is 4.56. The minimum absolute atomic E-state index is 0. The average molecular weight is 543 g/mol. The number of hydrogen-bond donors (Lipinski definition) is 1. The maximum atomic E-state index is 14.7. The summed E-state index contributed by atoms with van der Waals surface area (Å²) in [4.78, 5) is 14.7. The highest BCUT2D eigenvalue weighted by molar-refractivity contribution is 5.97. The van der Waals surface area contributed by atoms with Gasteiger partial charge in [-0.15, -0.1) is 12.4 Å². The van der Waals surface area contributed by atoms with Crippen LogP contribution in [0, 0.1) is 0 Å². The summed E-state index contributed by atoms with van der Waals surface area (Å²) in [5.74, 6) is -0.829. The number of rotatable bonds is 5. The van der Waals surface area contributed by atoms with Crippen molar-refractivity contribution in [2.75, 3.05) is 26.2 Å². The first-order valence-electron chi connectivity index (χ1n) is 11.5. The number of carbonyl (C=O) groups excluding carboxylic acids is 1. The van der Waals surface area contributed by atoms with Crippen LogP contribution in [-0.2, 0) is 25.2 Å². The van der Waals surface area contributed by atoms with Crippen molar-refractivity contribution < 1.29 is 31.1 Å². The van der Waals surface area contributed by atoms with E-state index in [4.69, 9.17) is 0 Å². The Morgan fingerprint density at radius 1 is 0.757 bits per heavy atom. The first kappa shape index (κ1) is 28.5. The van der Waals surface area contributed by atoms with Gasteiger partial charge in [0.2, 0.25) is 0 Å². The van der Waals surface area contributed by atoms with Gasteiger partial charge in [-0.2, -0.15) is 26.3 Å². The Bertz CT molecular complexity index is 1210. The lowest BCUT2D eigenvalue weighted by Crippen LogP contribution is -2.46. The van der Waals surface area contributed by atoms with Gasteiger partial charge >= 0.3 is 12.4 Å². The SMILES string of the molecule is Cl.O=C(c1cc(C(F)(F)F)c(Cc2ccccc2)c(C(F)(F)F)c1Cc1ccccc1)N1CCNCC1. The predicted octanol–water partition coefficient (Wildman–Crippen LogP) is 6.37. The molecule has 0 saturated carbocycles. The van der Waals surface area contributed by atoms with E-state index in [-0.39, 0.29) is 31.9 Å². The molecule has 10 heteroatoms. The molecule has 37 heavy (non-hydrogen) atoms. The Morgan fingerprint density at radius 3 is 1.70 bits per heavy atom. The third-order valence-corrected chi connectivity index (χ3v) is 6.21. The number of piperazine rings is 1. The average Bonchev–Trinajstić information content (AvgIpc) is 2.84. The standard InChI is InChI=1S/C27H24F6N2O.ClH/c28-26(29,30)23-17-21(25(36)35-13-11-34-12-14-35)20(15-18-7-3-1-4-8-18)24(27(31,32)33)22(23)16-19-9-5-2-6-10-19;/h1-10,17,34H,11-16H2;1H. The van der Waals surface area contributed by atoms with Crippen molar-refractivity contribution in [2.45, 2.75) is 25.2 Å². The van der Waals surface area contributed by atoms with Crippen LogP contribution in [0.15, 0.2) is 66.7 Å². The molecule has 0 unspecified atom stereocenters. The van der Waals surface area contributed by atoms with Gasteiger partial charge in [-0.05, 0) is 41.2 Å². The van der Waals surface area contributed by atoms with E-state index in [1.54, 1.807) is 48.5 Å². The zero-order chi connectivity index (χ0) is 25.9. The van der Waals surface area contributed by atoms with E-state index in [0.29, 0.717) is 30.3 Å².